The fraction of sp³-hybridized carbons (Fsp3) is 0.500. The number of carbonyl (C=O) groups excluding carboxylic acids is 1. The van der Waals surface area contributed by atoms with Crippen LogP contribution >= 0.6 is 23.2 Å². The van der Waals surface area contributed by atoms with Crippen molar-refractivity contribution < 1.29 is 4.79 Å². The summed E-state index contributed by atoms with van der Waals surface area (Å²) in [4.78, 5) is 12.1. The predicted octanol–water partition coefficient (Wildman–Crippen LogP) is 4.61. The highest BCUT2D eigenvalue weighted by Gasteiger charge is 2.26. The third kappa shape index (κ3) is 3.63. The molecule has 0 aliphatic rings. The zero-order chi connectivity index (χ0) is 13.9. The maximum atomic E-state index is 12.1. The van der Waals surface area contributed by atoms with Crippen molar-refractivity contribution in [2.75, 3.05) is 0 Å². The van der Waals surface area contributed by atoms with Gasteiger partial charge in [-0.25, -0.2) is 0 Å². The Kier molecular flexibility index (Phi) is 5.06. The Morgan fingerprint density at radius 1 is 1.33 bits per heavy atom. The second kappa shape index (κ2) is 5.94. The maximum absolute atomic E-state index is 12.1. The Bertz CT molecular complexity index is 443. The van der Waals surface area contributed by atoms with Crippen LogP contribution in [0.3, 0.4) is 0 Å². The van der Waals surface area contributed by atoms with Crippen LogP contribution in [-0.4, -0.2) is 5.91 Å². The Morgan fingerprint density at radius 2 is 1.94 bits per heavy atom. The zero-order valence-electron chi connectivity index (χ0n) is 11.2. The molecule has 18 heavy (non-hydrogen) atoms. The number of rotatable bonds is 4. The van der Waals surface area contributed by atoms with E-state index in [1.807, 2.05) is 33.8 Å². The Morgan fingerprint density at radius 3 is 2.44 bits per heavy atom. The topological polar surface area (TPSA) is 29.1 Å². The van der Waals surface area contributed by atoms with Crippen molar-refractivity contribution in [3.8, 4) is 0 Å². The van der Waals surface area contributed by atoms with Crippen LogP contribution in [-0.2, 0) is 4.79 Å². The van der Waals surface area contributed by atoms with Gasteiger partial charge in [-0.2, -0.15) is 0 Å². The van der Waals surface area contributed by atoms with E-state index in [0.717, 1.165) is 12.0 Å². The van der Waals surface area contributed by atoms with E-state index >= 15 is 0 Å². The molecule has 0 radical (unpaired) electrons. The van der Waals surface area contributed by atoms with Gasteiger partial charge in [0.2, 0.25) is 5.91 Å². The van der Waals surface area contributed by atoms with Gasteiger partial charge in [-0.15, -0.1) is 0 Å². The van der Waals surface area contributed by atoms with Gasteiger partial charge in [0.1, 0.15) is 0 Å². The monoisotopic (exact) mass is 287 g/mol. The first-order chi connectivity index (χ1) is 8.27. The molecule has 0 saturated carbocycles. The smallest absolute Gasteiger partial charge is 0.226 e. The molecule has 0 aliphatic heterocycles. The Hall–Kier alpha value is -0.730. The van der Waals surface area contributed by atoms with Crippen molar-refractivity contribution in [2.45, 2.75) is 40.2 Å². The Labute approximate surface area is 119 Å². The molecule has 0 bridgehead atoms. The molecular weight excluding hydrogens is 269 g/mol. The van der Waals surface area contributed by atoms with E-state index in [9.17, 15) is 4.79 Å². The van der Waals surface area contributed by atoms with Gasteiger partial charge in [0.15, 0.2) is 0 Å². The maximum Gasteiger partial charge on any atom is 0.226 e. The standard InChI is InChI=1S/C14H19Cl2NO/c1-5-14(3,4)13(18)17-9(2)10-6-7-11(15)12(16)8-10/h6-9H,5H2,1-4H3,(H,17,18). The van der Waals surface area contributed by atoms with Gasteiger partial charge in [-0.05, 0) is 31.0 Å². The van der Waals surface area contributed by atoms with E-state index < -0.39 is 0 Å². The highest BCUT2D eigenvalue weighted by Crippen LogP contribution is 2.27. The first-order valence-corrected chi connectivity index (χ1v) is 6.79. The first-order valence-electron chi connectivity index (χ1n) is 6.04. The summed E-state index contributed by atoms with van der Waals surface area (Å²) in [5.41, 5.74) is 0.592. The Balaban J connectivity index is 2.79. The molecule has 1 unspecified atom stereocenters. The molecule has 4 heteroatoms. The summed E-state index contributed by atoms with van der Waals surface area (Å²) in [6, 6.07) is 5.32. The largest absolute Gasteiger partial charge is 0.349 e. The van der Waals surface area contributed by atoms with Crippen molar-refractivity contribution >= 4 is 29.1 Å². The molecule has 0 spiro atoms. The van der Waals surface area contributed by atoms with Gasteiger partial charge < -0.3 is 5.32 Å². The van der Waals surface area contributed by atoms with Crippen LogP contribution in [0.2, 0.25) is 10.0 Å². The van der Waals surface area contributed by atoms with Crippen LogP contribution < -0.4 is 5.32 Å². The number of hydrogen-bond acceptors (Lipinski definition) is 1. The van der Waals surface area contributed by atoms with Crippen molar-refractivity contribution in [3.63, 3.8) is 0 Å². The van der Waals surface area contributed by atoms with E-state index in [0.29, 0.717) is 10.0 Å². The van der Waals surface area contributed by atoms with E-state index in [1.54, 1.807) is 12.1 Å². The number of nitrogens with one attached hydrogen (secondary N) is 1. The molecule has 1 atom stereocenters. The van der Waals surface area contributed by atoms with E-state index in [1.165, 1.54) is 0 Å². The van der Waals surface area contributed by atoms with Gasteiger partial charge in [-0.1, -0.05) is 50.0 Å². The van der Waals surface area contributed by atoms with Crippen molar-refractivity contribution in [3.05, 3.63) is 33.8 Å². The molecule has 0 saturated heterocycles. The third-order valence-electron chi connectivity index (χ3n) is 3.29. The number of halogens is 2. The van der Waals surface area contributed by atoms with Crippen LogP contribution in [0.1, 0.15) is 45.7 Å². The van der Waals surface area contributed by atoms with Crippen LogP contribution in [0.5, 0.6) is 0 Å². The highest BCUT2D eigenvalue weighted by atomic mass is 35.5. The minimum Gasteiger partial charge on any atom is -0.349 e. The van der Waals surface area contributed by atoms with Crippen LogP contribution in [0, 0.1) is 5.41 Å². The van der Waals surface area contributed by atoms with Gasteiger partial charge >= 0.3 is 0 Å². The van der Waals surface area contributed by atoms with Crippen molar-refractivity contribution in [1.29, 1.82) is 0 Å². The molecular formula is C14H19Cl2NO. The number of benzene rings is 1. The average molecular weight is 288 g/mol. The number of carbonyl (C=O) groups is 1. The van der Waals surface area contributed by atoms with Crippen molar-refractivity contribution in [2.24, 2.45) is 5.41 Å². The van der Waals surface area contributed by atoms with Gasteiger partial charge in [0.25, 0.3) is 0 Å². The highest BCUT2D eigenvalue weighted by molar-refractivity contribution is 6.42. The normalized spacial score (nSPS) is 13.2. The average Bonchev–Trinajstić information content (AvgIpc) is 2.32. The minimum atomic E-state index is -0.357. The lowest BCUT2D eigenvalue weighted by atomic mass is 9.89. The van der Waals surface area contributed by atoms with Crippen LogP contribution in [0.4, 0.5) is 0 Å². The number of hydrogen-bond donors (Lipinski definition) is 1. The molecule has 1 N–H and O–H groups in total. The third-order valence-corrected chi connectivity index (χ3v) is 4.03. The lowest BCUT2D eigenvalue weighted by Gasteiger charge is -2.25. The fourth-order valence-electron chi connectivity index (χ4n) is 1.42. The second-order valence-electron chi connectivity index (χ2n) is 5.11. The molecule has 0 aromatic heterocycles. The SMILES string of the molecule is CCC(C)(C)C(=O)NC(C)c1ccc(Cl)c(Cl)c1. The summed E-state index contributed by atoms with van der Waals surface area (Å²) in [7, 11) is 0. The summed E-state index contributed by atoms with van der Waals surface area (Å²) in [6.45, 7) is 7.81. The number of amides is 1. The van der Waals surface area contributed by atoms with Crippen LogP contribution in [0.15, 0.2) is 18.2 Å². The summed E-state index contributed by atoms with van der Waals surface area (Å²) in [5, 5.41) is 4.02. The van der Waals surface area contributed by atoms with Gasteiger partial charge in [-0.3, -0.25) is 4.79 Å². The van der Waals surface area contributed by atoms with Crippen LogP contribution in [0.25, 0.3) is 0 Å². The molecule has 1 aromatic carbocycles. The molecule has 1 aromatic rings. The molecule has 1 rings (SSSR count). The molecule has 100 valence electrons. The summed E-state index contributed by atoms with van der Waals surface area (Å²) in [6.07, 6.45) is 0.799. The molecule has 2 nitrogen and oxygen atoms in total. The summed E-state index contributed by atoms with van der Waals surface area (Å²) >= 11 is 11.8. The minimum absolute atomic E-state index is 0.0450. The molecule has 0 aliphatic carbocycles. The summed E-state index contributed by atoms with van der Waals surface area (Å²) < 4.78 is 0. The van der Waals surface area contributed by atoms with E-state index in [4.69, 9.17) is 23.2 Å². The molecule has 0 fully saturated rings. The lowest BCUT2D eigenvalue weighted by Crippen LogP contribution is -2.37. The second-order valence-corrected chi connectivity index (χ2v) is 5.92. The van der Waals surface area contributed by atoms with E-state index in [-0.39, 0.29) is 17.4 Å². The zero-order valence-corrected chi connectivity index (χ0v) is 12.7. The molecule has 0 heterocycles. The molecule has 1 amide bonds. The quantitative estimate of drug-likeness (QED) is 0.861. The van der Waals surface area contributed by atoms with Gasteiger partial charge in [0.05, 0.1) is 16.1 Å². The van der Waals surface area contributed by atoms with Gasteiger partial charge in [0, 0.05) is 5.41 Å². The van der Waals surface area contributed by atoms with E-state index in [2.05, 4.69) is 5.32 Å². The predicted molar refractivity (Wildman–Crippen MR) is 77.1 cm³/mol. The summed E-state index contributed by atoms with van der Waals surface area (Å²) in [5.74, 6) is 0.0450. The first kappa shape index (κ1) is 15.3. The van der Waals surface area contributed by atoms with Crippen molar-refractivity contribution in [1.82, 2.24) is 5.32 Å². The fourth-order valence-corrected chi connectivity index (χ4v) is 1.72. The lowest BCUT2D eigenvalue weighted by molar-refractivity contribution is -0.130.